The van der Waals surface area contributed by atoms with E-state index < -0.39 is 36.8 Å². The van der Waals surface area contributed by atoms with Crippen molar-refractivity contribution in [1.82, 2.24) is 4.98 Å². The summed E-state index contributed by atoms with van der Waals surface area (Å²) in [7, 11) is 0.543. The van der Waals surface area contributed by atoms with E-state index in [0.717, 1.165) is 6.07 Å². The second-order valence-electron chi connectivity index (χ2n) is 2.56. The molecule has 0 aromatic carbocycles. The molecule has 86 valence electrons. The smallest absolute Gasteiger partial charge is 0.222 e. The van der Waals surface area contributed by atoms with Crippen LogP contribution in [0, 0.1) is 11.3 Å². The van der Waals surface area contributed by atoms with E-state index in [0.29, 0.717) is 0 Å². The Balaban J connectivity index is 3.71. The second-order valence-corrected chi connectivity index (χ2v) is 5.43. The molecule has 16 heavy (non-hydrogen) atoms. The molecule has 0 saturated heterocycles. The molecule has 1 aromatic rings. The van der Waals surface area contributed by atoms with E-state index in [1.54, 1.807) is 0 Å². The van der Waals surface area contributed by atoms with Gasteiger partial charge >= 0.3 is 0 Å². The number of nitriles is 1. The van der Waals surface area contributed by atoms with Gasteiger partial charge in [-0.25, -0.2) is 22.2 Å². The van der Waals surface area contributed by atoms with E-state index in [1.807, 2.05) is 0 Å². The number of aromatic nitrogens is 1. The van der Waals surface area contributed by atoms with Gasteiger partial charge in [0.2, 0.25) is 0 Å². The molecule has 0 atom stereocenters. The van der Waals surface area contributed by atoms with Crippen molar-refractivity contribution in [1.29, 1.82) is 5.26 Å². The summed E-state index contributed by atoms with van der Waals surface area (Å²) in [5.74, 6) is 0. The molecule has 0 N–H and O–H groups in total. The molecule has 0 bridgehead atoms. The van der Waals surface area contributed by atoms with E-state index in [1.165, 1.54) is 6.07 Å². The number of halogens is 4. The van der Waals surface area contributed by atoms with Crippen molar-refractivity contribution in [2.75, 3.05) is 0 Å². The highest BCUT2D eigenvalue weighted by atomic mass is 35.7. The highest BCUT2D eigenvalue weighted by Gasteiger charge is 2.25. The van der Waals surface area contributed by atoms with Crippen molar-refractivity contribution in [3.8, 4) is 6.07 Å². The van der Waals surface area contributed by atoms with Crippen molar-refractivity contribution >= 4 is 31.3 Å². The average molecular weight is 287 g/mol. The maximum absolute atomic E-state index is 12.5. The lowest BCUT2D eigenvalue weighted by Gasteiger charge is -2.06. The van der Waals surface area contributed by atoms with E-state index in [4.69, 9.17) is 27.5 Å². The molecule has 0 aliphatic carbocycles. The van der Waals surface area contributed by atoms with E-state index >= 15 is 0 Å². The van der Waals surface area contributed by atoms with Gasteiger partial charge in [-0.1, -0.05) is 11.6 Å². The Morgan fingerprint density at radius 2 is 2.06 bits per heavy atom. The maximum Gasteiger partial charge on any atom is 0.280 e. The molecule has 1 heterocycles. The molecule has 4 nitrogen and oxygen atoms in total. The second kappa shape index (κ2) is 4.49. The van der Waals surface area contributed by atoms with Crippen LogP contribution >= 0.6 is 22.3 Å². The molecular weight excluding hydrogens is 285 g/mol. The van der Waals surface area contributed by atoms with Crippen molar-refractivity contribution in [3.63, 3.8) is 0 Å². The quantitative estimate of drug-likeness (QED) is 0.618. The molecule has 1 rings (SSSR count). The molecule has 0 amide bonds. The predicted octanol–water partition coefficient (Wildman–Crippen LogP) is 2.47. The van der Waals surface area contributed by atoms with Crippen molar-refractivity contribution in [2.24, 2.45) is 0 Å². The summed E-state index contributed by atoms with van der Waals surface area (Å²) in [5.41, 5.74) is -1.61. The first-order valence-corrected chi connectivity index (χ1v) is 6.29. The van der Waals surface area contributed by atoms with Gasteiger partial charge in [-0.3, -0.25) is 0 Å². The SMILES string of the molecule is N#Cc1c(C(F)F)cc(Cl)nc1S(=O)(=O)Cl. The van der Waals surface area contributed by atoms with Gasteiger partial charge in [-0.05, 0) is 6.07 Å². The first-order valence-electron chi connectivity index (χ1n) is 3.60. The van der Waals surface area contributed by atoms with E-state index in [2.05, 4.69) is 4.98 Å². The van der Waals surface area contributed by atoms with Crippen molar-refractivity contribution in [3.05, 3.63) is 22.3 Å². The molecule has 0 saturated carbocycles. The summed E-state index contributed by atoms with van der Waals surface area (Å²) in [5, 5.41) is 7.18. The molecule has 0 aliphatic rings. The van der Waals surface area contributed by atoms with Gasteiger partial charge in [-0.2, -0.15) is 5.26 Å². The normalized spacial score (nSPS) is 11.5. The Bertz CT molecular complexity index is 568. The highest BCUT2D eigenvalue weighted by molar-refractivity contribution is 8.13. The number of alkyl halides is 2. The van der Waals surface area contributed by atoms with Crippen LogP contribution in [0.3, 0.4) is 0 Å². The van der Waals surface area contributed by atoms with Gasteiger partial charge in [0.1, 0.15) is 11.2 Å². The monoisotopic (exact) mass is 286 g/mol. The lowest BCUT2D eigenvalue weighted by Crippen LogP contribution is -2.04. The lowest BCUT2D eigenvalue weighted by molar-refractivity contribution is 0.150. The molecule has 0 radical (unpaired) electrons. The zero-order chi connectivity index (χ0) is 12.5. The molecule has 9 heteroatoms. The molecule has 0 aliphatic heterocycles. The molecule has 1 aromatic heterocycles. The third-order valence-electron chi connectivity index (χ3n) is 1.56. The number of hydrogen-bond acceptors (Lipinski definition) is 4. The first-order chi connectivity index (χ1) is 7.27. The minimum absolute atomic E-state index is 0.478. The number of nitrogens with zero attached hydrogens (tertiary/aromatic N) is 2. The number of rotatable bonds is 2. The molecule has 0 fully saturated rings. The Morgan fingerprint density at radius 1 is 1.50 bits per heavy atom. The van der Waals surface area contributed by atoms with Gasteiger partial charge in [0.05, 0.1) is 5.56 Å². The molecule has 0 unspecified atom stereocenters. The van der Waals surface area contributed by atoms with Crippen LogP contribution in [-0.4, -0.2) is 13.4 Å². The fourth-order valence-electron chi connectivity index (χ4n) is 0.970. The summed E-state index contributed by atoms with van der Waals surface area (Å²) >= 11 is 5.35. The third-order valence-corrected chi connectivity index (χ3v) is 2.95. The largest absolute Gasteiger partial charge is 0.280 e. The first kappa shape index (κ1) is 13.1. The van der Waals surface area contributed by atoms with Crippen LogP contribution in [0.15, 0.2) is 11.1 Å². The summed E-state index contributed by atoms with van der Waals surface area (Å²) < 4.78 is 47.0. The maximum atomic E-state index is 12.5. The topological polar surface area (TPSA) is 70.8 Å². The fraction of sp³-hybridized carbons (Fsp3) is 0.143. The van der Waals surface area contributed by atoms with Gasteiger partial charge in [0.15, 0.2) is 5.03 Å². The lowest BCUT2D eigenvalue weighted by atomic mass is 10.1. The van der Waals surface area contributed by atoms with Crippen LogP contribution in [0.4, 0.5) is 8.78 Å². The standard InChI is InChI=1S/C7H2Cl2F2N2O2S/c8-5-1-3(6(10)11)4(2-12)7(13-5)16(9,14)15/h1,6H. The minimum Gasteiger partial charge on any atom is -0.222 e. The van der Waals surface area contributed by atoms with Crippen LogP contribution < -0.4 is 0 Å². The highest BCUT2D eigenvalue weighted by Crippen LogP contribution is 2.30. The van der Waals surface area contributed by atoms with Gasteiger partial charge in [0, 0.05) is 16.2 Å². The summed E-state index contributed by atoms with van der Waals surface area (Å²) in [6.45, 7) is 0. The van der Waals surface area contributed by atoms with Crippen molar-refractivity contribution < 1.29 is 17.2 Å². The predicted molar refractivity (Wildman–Crippen MR) is 52.0 cm³/mol. The van der Waals surface area contributed by atoms with Crippen molar-refractivity contribution in [2.45, 2.75) is 11.5 Å². The summed E-state index contributed by atoms with van der Waals surface area (Å²) in [6.07, 6.45) is -3.05. The Morgan fingerprint density at radius 3 is 2.44 bits per heavy atom. The average Bonchev–Trinajstić information content (AvgIpc) is 2.14. The van der Waals surface area contributed by atoms with Crippen LogP contribution in [0.5, 0.6) is 0 Å². The van der Waals surface area contributed by atoms with E-state index in [-0.39, 0.29) is 0 Å². The number of pyridine rings is 1. The van der Waals surface area contributed by atoms with E-state index in [9.17, 15) is 17.2 Å². The Hall–Kier alpha value is -0.970. The third kappa shape index (κ3) is 2.58. The number of hydrogen-bond donors (Lipinski definition) is 0. The van der Waals surface area contributed by atoms with Gasteiger partial charge in [-0.15, -0.1) is 0 Å². The van der Waals surface area contributed by atoms with Crippen LogP contribution in [0.2, 0.25) is 5.15 Å². The van der Waals surface area contributed by atoms with Gasteiger partial charge < -0.3 is 0 Å². The van der Waals surface area contributed by atoms with Crippen LogP contribution in [0.1, 0.15) is 17.6 Å². The summed E-state index contributed by atoms with van der Waals surface area (Å²) in [6, 6.07) is 2.03. The molecular formula is C7H2Cl2F2N2O2S. The molecule has 0 spiro atoms. The fourth-order valence-corrected chi connectivity index (χ4v) is 2.17. The Labute approximate surface area is 98.8 Å². The van der Waals surface area contributed by atoms with Gasteiger partial charge in [0.25, 0.3) is 15.5 Å². The zero-order valence-corrected chi connectivity index (χ0v) is 9.61. The zero-order valence-electron chi connectivity index (χ0n) is 7.29. The van der Waals surface area contributed by atoms with Crippen LogP contribution in [0.25, 0.3) is 0 Å². The summed E-state index contributed by atoms with van der Waals surface area (Å²) in [4.78, 5) is 3.25. The van der Waals surface area contributed by atoms with Crippen LogP contribution in [-0.2, 0) is 9.05 Å². The Kier molecular flexibility index (Phi) is 3.68. The minimum atomic E-state index is -4.40.